The van der Waals surface area contributed by atoms with Gasteiger partial charge in [-0.15, -0.1) is 0 Å². The molecule has 1 aromatic carbocycles. The molecule has 6 nitrogen and oxygen atoms in total. The van der Waals surface area contributed by atoms with E-state index in [2.05, 4.69) is 47.4 Å². The van der Waals surface area contributed by atoms with Crippen LogP contribution < -0.4 is 5.32 Å². The third kappa shape index (κ3) is 4.83. The molecule has 1 N–H and O–H groups in total. The largest absolute Gasteiger partial charge is 0.309 e. The summed E-state index contributed by atoms with van der Waals surface area (Å²) >= 11 is 0. The van der Waals surface area contributed by atoms with E-state index in [1.807, 2.05) is 25.1 Å². The number of aromatic nitrogens is 3. The maximum atomic E-state index is 12.3. The summed E-state index contributed by atoms with van der Waals surface area (Å²) in [5, 5.41) is 16.2. The van der Waals surface area contributed by atoms with Crippen molar-refractivity contribution in [3.63, 3.8) is 0 Å². The Kier molecular flexibility index (Phi) is 5.85. The first-order chi connectivity index (χ1) is 13.4. The van der Waals surface area contributed by atoms with Crippen molar-refractivity contribution in [3.05, 3.63) is 76.7 Å². The monoisotopic (exact) mass is 373 g/mol. The lowest BCUT2D eigenvalue weighted by Crippen LogP contribution is -2.15. The van der Waals surface area contributed by atoms with Gasteiger partial charge in [-0.2, -0.15) is 10.4 Å². The Labute approximate surface area is 164 Å². The summed E-state index contributed by atoms with van der Waals surface area (Å²) < 4.78 is 1.71. The lowest BCUT2D eigenvalue weighted by Gasteiger charge is -2.07. The number of nitriles is 1. The number of rotatable bonds is 6. The SMILES string of the molecule is Cc1nc(Cn2ccc(NC(=O)Cc3ccc(C(C)C)cc3)n2)ccc1C#N. The quantitative estimate of drug-likeness (QED) is 0.712. The lowest BCUT2D eigenvalue weighted by atomic mass is 10.0. The first-order valence-electron chi connectivity index (χ1n) is 9.23. The number of aryl methyl sites for hydroxylation is 1. The van der Waals surface area contributed by atoms with Crippen LogP contribution in [0.4, 0.5) is 5.82 Å². The van der Waals surface area contributed by atoms with Gasteiger partial charge in [0.25, 0.3) is 0 Å². The minimum absolute atomic E-state index is 0.102. The molecule has 3 aromatic rings. The fourth-order valence-electron chi connectivity index (χ4n) is 2.89. The number of hydrogen-bond acceptors (Lipinski definition) is 4. The first kappa shape index (κ1) is 19.3. The van der Waals surface area contributed by atoms with Gasteiger partial charge in [-0.3, -0.25) is 14.5 Å². The zero-order chi connectivity index (χ0) is 20.1. The van der Waals surface area contributed by atoms with Gasteiger partial charge in [-0.05, 0) is 36.1 Å². The molecule has 0 aliphatic rings. The van der Waals surface area contributed by atoms with E-state index in [-0.39, 0.29) is 5.91 Å². The van der Waals surface area contributed by atoms with Crippen LogP contribution in [0.3, 0.4) is 0 Å². The van der Waals surface area contributed by atoms with Gasteiger partial charge in [0.05, 0.1) is 29.9 Å². The molecule has 0 bridgehead atoms. The van der Waals surface area contributed by atoms with Gasteiger partial charge in [-0.25, -0.2) is 0 Å². The molecule has 0 saturated carbocycles. The summed E-state index contributed by atoms with van der Waals surface area (Å²) in [6.07, 6.45) is 2.10. The molecule has 0 aliphatic heterocycles. The molecule has 0 saturated heterocycles. The van der Waals surface area contributed by atoms with Crippen molar-refractivity contribution >= 4 is 11.7 Å². The molecular weight excluding hydrogens is 350 g/mol. The standard InChI is InChI=1S/C22H23N5O/c1-15(2)18-6-4-17(5-7-18)12-22(28)25-21-10-11-27(26-21)14-20-9-8-19(13-23)16(3)24-20/h4-11,15H,12,14H2,1-3H3,(H,25,26,28). The number of hydrogen-bond donors (Lipinski definition) is 1. The van der Waals surface area contributed by atoms with Crippen LogP contribution in [0.2, 0.25) is 0 Å². The Balaban J connectivity index is 1.58. The van der Waals surface area contributed by atoms with E-state index in [9.17, 15) is 4.79 Å². The molecule has 0 fully saturated rings. The average molecular weight is 373 g/mol. The van der Waals surface area contributed by atoms with Gasteiger partial charge in [0.2, 0.25) is 5.91 Å². The molecule has 2 heterocycles. The summed E-state index contributed by atoms with van der Waals surface area (Å²) in [6.45, 7) is 6.57. The van der Waals surface area contributed by atoms with Crippen molar-refractivity contribution in [1.29, 1.82) is 5.26 Å². The van der Waals surface area contributed by atoms with Crippen LogP contribution in [0.1, 0.15) is 47.8 Å². The maximum Gasteiger partial charge on any atom is 0.229 e. The highest BCUT2D eigenvalue weighted by atomic mass is 16.1. The van der Waals surface area contributed by atoms with Gasteiger partial charge in [0, 0.05) is 12.3 Å². The summed E-state index contributed by atoms with van der Waals surface area (Å²) in [7, 11) is 0. The third-order valence-corrected chi connectivity index (χ3v) is 4.51. The molecule has 0 radical (unpaired) electrons. The second kappa shape index (κ2) is 8.49. The van der Waals surface area contributed by atoms with Crippen LogP contribution in [-0.4, -0.2) is 20.7 Å². The van der Waals surface area contributed by atoms with Crippen LogP contribution in [0.15, 0.2) is 48.7 Å². The predicted octanol–water partition coefficient (Wildman–Crippen LogP) is 3.81. The highest BCUT2D eigenvalue weighted by Gasteiger charge is 2.08. The van der Waals surface area contributed by atoms with Crippen LogP contribution in [0.25, 0.3) is 0 Å². The Morgan fingerprint density at radius 2 is 1.93 bits per heavy atom. The highest BCUT2D eigenvalue weighted by molar-refractivity contribution is 5.91. The van der Waals surface area contributed by atoms with Gasteiger partial charge in [-0.1, -0.05) is 38.1 Å². The number of benzene rings is 1. The Hall–Kier alpha value is -3.46. The van der Waals surface area contributed by atoms with E-state index in [1.165, 1.54) is 5.56 Å². The lowest BCUT2D eigenvalue weighted by molar-refractivity contribution is -0.115. The summed E-state index contributed by atoms with van der Waals surface area (Å²) in [6, 6.07) is 15.6. The molecule has 1 amide bonds. The van der Waals surface area contributed by atoms with Gasteiger partial charge in [0.1, 0.15) is 6.07 Å². The van der Waals surface area contributed by atoms with Gasteiger partial charge >= 0.3 is 0 Å². The Morgan fingerprint density at radius 1 is 1.18 bits per heavy atom. The van der Waals surface area contributed by atoms with E-state index < -0.39 is 0 Å². The van der Waals surface area contributed by atoms with E-state index >= 15 is 0 Å². The van der Waals surface area contributed by atoms with Crippen molar-refractivity contribution in [1.82, 2.24) is 14.8 Å². The van der Waals surface area contributed by atoms with E-state index in [0.717, 1.165) is 11.3 Å². The number of carbonyl (C=O) groups is 1. The topological polar surface area (TPSA) is 83.6 Å². The first-order valence-corrected chi connectivity index (χ1v) is 9.23. The summed E-state index contributed by atoms with van der Waals surface area (Å²) in [5.41, 5.74) is 4.30. The van der Waals surface area contributed by atoms with E-state index in [1.54, 1.807) is 23.0 Å². The molecule has 0 unspecified atom stereocenters. The normalized spacial score (nSPS) is 10.7. The van der Waals surface area contributed by atoms with Gasteiger partial charge < -0.3 is 5.32 Å². The minimum atomic E-state index is -0.102. The fraction of sp³-hybridized carbons (Fsp3) is 0.273. The number of anilines is 1. The van der Waals surface area contributed by atoms with Crippen molar-refractivity contribution in [3.8, 4) is 6.07 Å². The van der Waals surface area contributed by atoms with Gasteiger partial charge in [0.15, 0.2) is 5.82 Å². The molecule has 0 atom stereocenters. The second-order valence-corrected chi connectivity index (χ2v) is 7.07. The van der Waals surface area contributed by atoms with Crippen LogP contribution in [0, 0.1) is 18.3 Å². The zero-order valence-corrected chi connectivity index (χ0v) is 16.3. The molecular formula is C22H23N5O. The van der Waals surface area contributed by atoms with Crippen LogP contribution >= 0.6 is 0 Å². The predicted molar refractivity (Wildman–Crippen MR) is 108 cm³/mol. The molecule has 142 valence electrons. The highest BCUT2D eigenvalue weighted by Crippen LogP contribution is 2.15. The number of nitrogens with zero attached hydrogens (tertiary/aromatic N) is 4. The molecule has 2 aromatic heterocycles. The minimum Gasteiger partial charge on any atom is -0.309 e. The Bertz CT molecular complexity index is 1010. The smallest absolute Gasteiger partial charge is 0.229 e. The van der Waals surface area contributed by atoms with E-state index in [4.69, 9.17) is 5.26 Å². The molecule has 3 rings (SSSR count). The molecule has 0 spiro atoms. The van der Waals surface area contributed by atoms with Crippen molar-refractivity contribution < 1.29 is 4.79 Å². The van der Waals surface area contributed by atoms with Crippen molar-refractivity contribution in [2.45, 2.75) is 39.7 Å². The number of nitrogens with one attached hydrogen (secondary N) is 1. The van der Waals surface area contributed by atoms with Crippen molar-refractivity contribution in [2.24, 2.45) is 0 Å². The van der Waals surface area contributed by atoms with E-state index in [0.29, 0.717) is 36.0 Å². The maximum absolute atomic E-state index is 12.3. The average Bonchev–Trinajstić information content (AvgIpc) is 3.09. The molecule has 6 heteroatoms. The van der Waals surface area contributed by atoms with Crippen molar-refractivity contribution in [2.75, 3.05) is 5.32 Å². The number of carbonyl (C=O) groups excluding carboxylic acids is 1. The second-order valence-electron chi connectivity index (χ2n) is 7.07. The summed E-state index contributed by atoms with van der Waals surface area (Å²) in [5.74, 6) is 0.880. The number of pyridine rings is 1. The zero-order valence-electron chi connectivity index (χ0n) is 16.3. The summed E-state index contributed by atoms with van der Waals surface area (Å²) in [4.78, 5) is 16.7. The third-order valence-electron chi connectivity index (χ3n) is 4.51. The van der Waals surface area contributed by atoms with Crippen LogP contribution in [-0.2, 0) is 17.8 Å². The van der Waals surface area contributed by atoms with Crippen LogP contribution in [0.5, 0.6) is 0 Å². The number of amides is 1. The molecule has 0 aliphatic carbocycles. The Morgan fingerprint density at radius 3 is 2.57 bits per heavy atom. The fourth-order valence-corrected chi connectivity index (χ4v) is 2.89. The molecule has 28 heavy (non-hydrogen) atoms.